The number of hydrogen-bond acceptors (Lipinski definition) is 7. The Morgan fingerprint density at radius 1 is 0.850 bits per heavy atom. The molecule has 0 aliphatic heterocycles. The molecule has 0 aromatic heterocycles. The van der Waals surface area contributed by atoms with E-state index in [4.69, 9.17) is 17.1 Å². The van der Waals surface area contributed by atoms with Gasteiger partial charge in [-0.15, -0.1) is 0 Å². The lowest BCUT2D eigenvalue weighted by Gasteiger charge is -2.33. The molecule has 3 N–H and O–H groups in total. The molecule has 0 radical (unpaired) electrons. The third-order valence-electron chi connectivity index (χ3n) is 2.31. The lowest BCUT2D eigenvalue weighted by Crippen LogP contribution is -2.66. The van der Waals surface area contributed by atoms with E-state index >= 15 is 0 Å². The maximum Gasteiger partial charge on any atom is 0.669 e. The molecular weight excluding hydrogens is 316 g/mol. The zero-order valence-corrected chi connectivity index (χ0v) is 14.9. The minimum Gasteiger partial charge on any atom is -0.411 e. The summed E-state index contributed by atoms with van der Waals surface area (Å²) in [5.74, 6) is 0. The fourth-order valence-corrected chi connectivity index (χ4v) is 8.51. The summed E-state index contributed by atoms with van der Waals surface area (Å²) in [5, 5.41) is 0.342. The summed E-state index contributed by atoms with van der Waals surface area (Å²) >= 11 is 0. The van der Waals surface area contributed by atoms with E-state index in [0.717, 1.165) is 0 Å². The van der Waals surface area contributed by atoms with Gasteiger partial charge in [-0.05, 0) is 13.1 Å². The molecule has 20 heavy (non-hydrogen) atoms. The van der Waals surface area contributed by atoms with Gasteiger partial charge < -0.3 is 31.5 Å². The molecule has 1 rings (SSSR count). The zero-order chi connectivity index (χ0) is 15.4. The van der Waals surface area contributed by atoms with Gasteiger partial charge in [-0.25, -0.2) is 0 Å². The molecule has 10 heteroatoms. The van der Waals surface area contributed by atoms with Crippen LogP contribution in [0.1, 0.15) is 0 Å². The molecule has 0 bridgehead atoms. The largest absolute Gasteiger partial charge is 0.669 e. The van der Waals surface area contributed by atoms with Crippen molar-refractivity contribution in [2.75, 3.05) is 14.2 Å². The average molecular weight is 337 g/mol. The van der Waals surface area contributed by atoms with Gasteiger partial charge in [0, 0.05) is 19.4 Å². The van der Waals surface area contributed by atoms with E-state index in [1.54, 1.807) is 30.3 Å². The van der Waals surface area contributed by atoms with E-state index in [9.17, 15) is 14.4 Å². The van der Waals surface area contributed by atoms with Crippen LogP contribution in [-0.2, 0) is 17.1 Å². The fourth-order valence-electron chi connectivity index (χ4n) is 1.47. The van der Waals surface area contributed by atoms with Gasteiger partial charge >= 0.3 is 26.4 Å². The predicted octanol–water partition coefficient (Wildman–Crippen LogP) is -0.727. The van der Waals surface area contributed by atoms with E-state index in [1.165, 1.54) is 27.3 Å². The van der Waals surface area contributed by atoms with Crippen LogP contribution in [0, 0.1) is 0 Å². The zero-order valence-electron chi connectivity index (χ0n) is 11.9. The Kier molecular flexibility index (Phi) is 5.80. The Balaban J connectivity index is 3.15. The van der Waals surface area contributed by atoms with Crippen molar-refractivity contribution in [1.29, 1.82) is 0 Å². The second-order valence-electron chi connectivity index (χ2n) is 4.53. The highest BCUT2D eigenvalue weighted by Crippen LogP contribution is 2.17. The van der Waals surface area contributed by atoms with E-state index in [1.807, 2.05) is 0 Å². The Bertz CT molecular complexity index is 421. The second kappa shape index (κ2) is 6.57. The van der Waals surface area contributed by atoms with Crippen LogP contribution in [-0.4, -0.2) is 55.0 Å². The summed E-state index contributed by atoms with van der Waals surface area (Å²) in [7, 11) is -8.79. The van der Waals surface area contributed by atoms with Gasteiger partial charge in [0.2, 0.25) is 0 Å². The van der Waals surface area contributed by atoms with Crippen LogP contribution >= 0.6 is 0 Å². The Morgan fingerprint density at radius 3 is 1.75 bits per heavy atom. The second-order valence-corrected chi connectivity index (χ2v) is 12.7. The van der Waals surface area contributed by atoms with E-state index < -0.39 is 26.4 Å². The summed E-state index contributed by atoms with van der Waals surface area (Å²) in [4.78, 5) is 30.6. The molecule has 1 aromatic rings. The summed E-state index contributed by atoms with van der Waals surface area (Å²) in [5.41, 5.74) is 0. The standard InChI is InChI=1S/C10H20O7Si3/c1-14-20(13,15-2)17-19(12,16-18(3,4)11)10-8-6-5-7-9-10/h5-9,11-13H,1-4H3. The van der Waals surface area contributed by atoms with Gasteiger partial charge in [-0.1, -0.05) is 30.3 Å². The van der Waals surface area contributed by atoms with Gasteiger partial charge in [0.1, 0.15) is 0 Å². The topological polar surface area (TPSA) is 97.6 Å². The highest BCUT2D eigenvalue weighted by atomic mass is 28.5. The summed E-state index contributed by atoms with van der Waals surface area (Å²) in [6, 6.07) is 8.31. The normalized spacial score (nSPS) is 15.9. The van der Waals surface area contributed by atoms with Crippen LogP contribution in [0.5, 0.6) is 0 Å². The molecular formula is C10H20O7Si3. The average Bonchev–Trinajstić information content (AvgIpc) is 2.37. The van der Waals surface area contributed by atoms with Crippen molar-refractivity contribution >= 4 is 31.6 Å². The molecule has 7 nitrogen and oxygen atoms in total. The lowest BCUT2D eigenvalue weighted by molar-refractivity contribution is 0.0467. The highest BCUT2D eigenvalue weighted by molar-refractivity contribution is 6.86. The first-order valence-corrected chi connectivity index (χ1v) is 12.2. The number of hydrogen-bond donors (Lipinski definition) is 3. The molecule has 0 amide bonds. The molecule has 1 atom stereocenters. The molecule has 0 saturated carbocycles. The smallest absolute Gasteiger partial charge is 0.411 e. The molecule has 0 aliphatic carbocycles. The van der Waals surface area contributed by atoms with Crippen molar-refractivity contribution in [2.45, 2.75) is 13.1 Å². The monoisotopic (exact) mass is 336 g/mol. The Hall–Kier alpha value is -0.409. The van der Waals surface area contributed by atoms with E-state index in [-0.39, 0.29) is 0 Å². The summed E-state index contributed by atoms with van der Waals surface area (Å²) in [6.07, 6.45) is 0. The van der Waals surface area contributed by atoms with Crippen LogP contribution in [0.4, 0.5) is 0 Å². The minimum absolute atomic E-state index is 0.342. The van der Waals surface area contributed by atoms with Crippen LogP contribution in [0.25, 0.3) is 0 Å². The maximum absolute atomic E-state index is 10.7. The molecule has 0 saturated heterocycles. The van der Waals surface area contributed by atoms with Crippen molar-refractivity contribution in [2.24, 2.45) is 0 Å². The van der Waals surface area contributed by atoms with Crippen molar-refractivity contribution in [3.8, 4) is 0 Å². The quantitative estimate of drug-likeness (QED) is 0.565. The van der Waals surface area contributed by atoms with Crippen molar-refractivity contribution in [1.82, 2.24) is 0 Å². The van der Waals surface area contributed by atoms with Crippen molar-refractivity contribution in [3.63, 3.8) is 0 Å². The van der Waals surface area contributed by atoms with Crippen LogP contribution in [0.3, 0.4) is 0 Å². The Labute approximate surface area is 121 Å². The molecule has 0 heterocycles. The maximum atomic E-state index is 10.7. The Morgan fingerprint density at radius 2 is 1.35 bits per heavy atom. The van der Waals surface area contributed by atoms with Crippen LogP contribution in [0.2, 0.25) is 13.1 Å². The fraction of sp³-hybridized carbons (Fsp3) is 0.400. The first kappa shape index (κ1) is 17.6. The highest BCUT2D eigenvalue weighted by Gasteiger charge is 2.55. The van der Waals surface area contributed by atoms with Crippen molar-refractivity contribution < 1.29 is 31.5 Å². The van der Waals surface area contributed by atoms with Crippen LogP contribution in [0.15, 0.2) is 30.3 Å². The van der Waals surface area contributed by atoms with E-state index in [0.29, 0.717) is 5.19 Å². The molecule has 0 fully saturated rings. The molecule has 0 spiro atoms. The lowest BCUT2D eigenvalue weighted by atomic mass is 10.4. The first-order chi connectivity index (χ1) is 9.14. The predicted molar refractivity (Wildman–Crippen MR) is 77.9 cm³/mol. The van der Waals surface area contributed by atoms with E-state index in [2.05, 4.69) is 0 Å². The van der Waals surface area contributed by atoms with Gasteiger partial charge in [0.25, 0.3) is 0 Å². The molecule has 0 aliphatic rings. The van der Waals surface area contributed by atoms with Gasteiger partial charge in [-0.3, -0.25) is 0 Å². The third-order valence-corrected chi connectivity index (χ3v) is 9.65. The number of benzene rings is 1. The summed E-state index contributed by atoms with van der Waals surface area (Å²) < 4.78 is 20.3. The van der Waals surface area contributed by atoms with Gasteiger partial charge in [0.15, 0.2) is 0 Å². The van der Waals surface area contributed by atoms with Gasteiger partial charge in [0.05, 0.1) is 0 Å². The van der Waals surface area contributed by atoms with Gasteiger partial charge in [-0.2, -0.15) is 0 Å². The summed E-state index contributed by atoms with van der Waals surface area (Å²) in [6.45, 7) is 2.97. The molecule has 1 unspecified atom stereocenters. The molecule has 1 aromatic carbocycles. The SMILES string of the molecule is CO[Si](O)(OC)O[Si](O)(O[Si](C)(C)O)c1ccccc1. The van der Waals surface area contributed by atoms with Crippen molar-refractivity contribution in [3.05, 3.63) is 30.3 Å². The first-order valence-electron chi connectivity index (χ1n) is 5.87. The van der Waals surface area contributed by atoms with Crippen LogP contribution < -0.4 is 5.19 Å². The molecule has 114 valence electrons. The minimum atomic E-state index is -4.06. The number of rotatable bonds is 7. The third kappa shape index (κ3) is 4.85.